The van der Waals surface area contributed by atoms with Crippen LogP contribution in [0.1, 0.15) is 5.56 Å². The van der Waals surface area contributed by atoms with Crippen LogP contribution in [-0.4, -0.2) is 32.5 Å². The molecule has 0 radical (unpaired) electrons. The van der Waals surface area contributed by atoms with Crippen molar-refractivity contribution in [3.63, 3.8) is 0 Å². The van der Waals surface area contributed by atoms with Gasteiger partial charge < -0.3 is 4.74 Å². The molecule has 0 atom stereocenters. The van der Waals surface area contributed by atoms with E-state index in [1.807, 2.05) is 0 Å². The van der Waals surface area contributed by atoms with Crippen molar-refractivity contribution >= 4 is 16.5 Å². The van der Waals surface area contributed by atoms with E-state index < -0.39 is 10.1 Å². The highest BCUT2D eigenvalue weighted by Gasteiger charge is 2.10. The number of ether oxygens (including phenoxy) is 1. The van der Waals surface area contributed by atoms with Gasteiger partial charge >= 0.3 is 0 Å². The first-order valence-electron chi connectivity index (χ1n) is 4.65. The largest absolute Gasteiger partial charge is 0.482 e. The highest BCUT2D eigenvalue weighted by molar-refractivity contribution is 7.85. The molecule has 1 aromatic rings. The average molecular weight is 243 g/mol. The van der Waals surface area contributed by atoms with Crippen LogP contribution >= 0.6 is 0 Å². The van der Waals surface area contributed by atoms with Gasteiger partial charge in [0.25, 0.3) is 10.1 Å². The zero-order valence-corrected chi connectivity index (χ0v) is 9.64. The molecule has 5 nitrogen and oxygen atoms in total. The monoisotopic (exact) mass is 243 g/mol. The Morgan fingerprint density at radius 2 is 2.06 bits per heavy atom. The summed E-state index contributed by atoms with van der Waals surface area (Å²) in [5, 5.41) is 0. The molecule has 88 valence electrons. The topological polar surface area (TPSA) is 76.0 Å². The SMILES string of the molecule is C1=NCCO1.Cc1ccccc1S(=O)(=O)O. The van der Waals surface area contributed by atoms with E-state index >= 15 is 0 Å². The van der Waals surface area contributed by atoms with Crippen molar-refractivity contribution in [2.75, 3.05) is 13.2 Å². The Kier molecular flexibility index (Phi) is 4.45. The first kappa shape index (κ1) is 12.7. The molecule has 0 aromatic heterocycles. The van der Waals surface area contributed by atoms with Gasteiger partial charge in [0.1, 0.15) is 6.61 Å². The van der Waals surface area contributed by atoms with Gasteiger partial charge in [-0.3, -0.25) is 9.55 Å². The van der Waals surface area contributed by atoms with Crippen LogP contribution in [0.25, 0.3) is 0 Å². The van der Waals surface area contributed by atoms with Crippen LogP contribution in [0.15, 0.2) is 34.2 Å². The van der Waals surface area contributed by atoms with Crippen LogP contribution in [-0.2, 0) is 14.9 Å². The molecule has 1 aliphatic heterocycles. The van der Waals surface area contributed by atoms with Crippen molar-refractivity contribution < 1.29 is 17.7 Å². The van der Waals surface area contributed by atoms with Crippen molar-refractivity contribution in [3.05, 3.63) is 29.8 Å². The quantitative estimate of drug-likeness (QED) is 0.754. The van der Waals surface area contributed by atoms with Crippen LogP contribution < -0.4 is 0 Å². The lowest BCUT2D eigenvalue weighted by Crippen LogP contribution is -1.99. The van der Waals surface area contributed by atoms with Gasteiger partial charge in [0.05, 0.1) is 11.4 Å². The molecular formula is C10H13NO4S. The van der Waals surface area contributed by atoms with E-state index in [0.29, 0.717) is 5.56 Å². The highest BCUT2D eigenvalue weighted by Crippen LogP contribution is 2.12. The van der Waals surface area contributed by atoms with Gasteiger partial charge in [-0.25, -0.2) is 0 Å². The van der Waals surface area contributed by atoms with Crippen molar-refractivity contribution in [2.45, 2.75) is 11.8 Å². The average Bonchev–Trinajstić information content (AvgIpc) is 2.74. The molecule has 0 saturated heterocycles. The Balaban J connectivity index is 0.000000212. The Bertz CT molecular complexity index is 461. The summed E-state index contributed by atoms with van der Waals surface area (Å²) in [6.07, 6.45) is 1.49. The third kappa shape index (κ3) is 4.00. The number of rotatable bonds is 1. The zero-order chi connectivity index (χ0) is 12.0. The Morgan fingerprint density at radius 3 is 2.38 bits per heavy atom. The summed E-state index contributed by atoms with van der Waals surface area (Å²) in [6, 6.07) is 6.27. The summed E-state index contributed by atoms with van der Waals surface area (Å²) >= 11 is 0. The number of hydrogen-bond acceptors (Lipinski definition) is 4. The van der Waals surface area contributed by atoms with Crippen LogP contribution in [0.2, 0.25) is 0 Å². The fraction of sp³-hybridized carbons (Fsp3) is 0.300. The normalized spacial score (nSPS) is 13.9. The fourth-order valence-electron chi connectivity index (χ4n) is 1.11. The fourth-order valence-corrected chi connectivity index (χ4v) is 1.83. The molecule has 16 heavy (non-hydrogen) atoms. The number of aryl methyl sites for hydroxylation is 1. The van der Waals surface area contributed by atoms with Gasteiger partial charge in [-0.05, 0) is 18.6 Å². The predicted molar refractivity (Wildman–Crippen MR) is 60.3 cm³/mol. The minimum atomic E-state index is -4.03. The third-order valence-corrected chi connectivity index (χ3v) is 2.87. The Labute approximate surface area is 94.5 Å². The van der Waals surface area contributed by atoms with E-state index in [1.54, 1.807) is 25.1 Å². The van der Waals surface area contributed by atoms with E-state index in [4.69, 9.17) is 4.55 Å². The van der Waals surface area contributed by atoms with Crippen molar-refractivity contribution in [2.24, 2.45) is 4.99 Å². The van der Waals surface area contributed by atoms with Gasteiger partial charge in [-0.1, -0.05) is 18.2 Å². The van der Waals surface area contributed by atoms with Gasteiger partial charge in [0.2, 0.25) is 0 Å². The summed E-state index contributed by atoms with van der Waals surface area (Å²) in [4.78, 5) is 3.71. The number of benzene rings is 1. The van der Waals surface area contributed by atoms with Crippen LogP contribution in [0.4, 0.5) is 0 Å². The molecule has 1 N–H and O–H groups in total. The molecule has 0 aliphatic carbocycles. The Morgan fingerprint density at radius 1 is 1.38 bits per heavy atom. The molecule has 0 saturated carbocycles. The minimum Gasteiger partial charge on any atom is -0.482 e. The minimum absolute atomic E-state index is 0.0278. The second kappa shape index (κ2) is 5.62. The van der Waals surface area contributed by atoms with Crippen molar-refractivity contribution in [3.8, 4) is 0 Å². The zero-order valence-electron chi connectivity index (χ0n) is 8.83. The van der Waals surface area contributed by atoms with E-state index in [9.17, 15) is 8.42 Å². The lowest BCUT2D eigenvalue weighted by atomic mass is 10.2. The maximum atomic E-state index is 10.6. The third-order valence-electron chi connectivity index (χ3n) is 1.86. The van der Waals surface area contributed by atoms with Crippen molar-refractivity contribution in [1.82, 2.24) is 0 Å². The van der Waals surface area contributed by atoms with E-state index in [1.165, 1.54) is 12.5 Å². The molecule has 0 spiro atoms. The van der Waals surface area contributed by atoms with E-state index in [-0.39, 0.29) is 4.90 Å². The summed E-state index contributed by atoms with van der Waals surface area (Å²) in [5.74, 6) is 0. The molecule has 0 amide bonds. The predicted octanol–water partition coefficient (Wildman–Crippen LogP) is 1.29. The second-order valence-corrected chi connectivity index (χ2v) is 4.51. The standard InChI is InChI=1S/C7H8O3S.C3H5NO/c1-6-4-2-3-5-7(6)11(8,9)10;1-2-5-3-4-1/h2-5H,1H3,(H,8,9,10);3H,1-2H2. The maximum absolute atomic E-state index is 10.6. The van der Waals surface area contributed by atoms with E-state index in [2.05, 4.69) is 9.73 Å². The summed E-state index contributed by atoms with van der Waals surface area (Å²) < 4.78 is 34.5. The molecular weight excluding hydrogens is 230 g/mol. The molecule has 6 heteroatoms. The molecule has 0 unspecified atom stereocenters. The lowest BCUT2D eigenvalue weighted by Gasteiger charge is -1.99. The first-order chi connectivity index (χ1) is 7.52. The molecule has 1 aromatic carbocycles. The molecule has 0 bridgehead atoms. The lowest BCUT2D eigenvalue weighted by molar-refractivity contribution is 0.361. The van der Waals surface area contributed by atoms with Crippen LogP contribution in [0, 0.1) is 6.92 Å². The van der Waals surface area contributed by atoms with Gasteiger partial charge in [-0.15, -0.1) is 0 Å². The number of nitrogens with zero attached hydrogens (tertiary/aromatic N) is 1. The highest BCUT2D eigenvalue weighted by atomic mass is 32.2. The summed E-state index contributed by atoms with van der Waals surface area (Å²) in [7, 11) is -4.03. The van der Waals surface area contributed by atoms with Crippen LogP contribution in [0.3, 0.4) is 0 Å². The maximum Gasteiger partial charge on any atom is 0.294 e. The first-order valence-corrected chi connectivity index (χ1v) is 6.09. The summed E-state index contributed by atoms with van der Waals surface area (Å²) in [5.41, 5.74) is 0.551. The molecule has 0 fully saturated rings. The molecule has 2 rings (SSSR count). The summed E-state index contributed by atoms with van der Waals surface area (Å²) in [6.45, 7) is 3.25. The van der Waals surface area contributed by atoms with Crippen molar-refractivity contribution in [1.29, 1.82) is 0 Å². The number of hydrogen-bond donors (Lipinski definition) is 1. The van der Waals surface area contributed by atoms with Gasteiger partial charge in [0.15, 0.2) is 6.40 Å². The second-order valence-electron chi connectivity index (χ2n) is 3.12. The van der Waals surface area contributed by atoms with Gasteiger partial charge in [-0.2, -0.15) is 8.42 Å². The van der Waals surface area contributed by atoms with Crippen LogP contribution in [0.5, 0.6) is 0 Å². The molecule has 1 heterocycles. The molecule has 1 aliphatic rings. The van der Waals surface area contributed by atoms with Gasteiger partial charge in [0, 0.05) is 0 Å². The number of aliphatic imine (C=N–C) groups is 1. The van der Waals surface area contributed by atoms with E-state index in [0.717, 1.165) is 13.2 Å². The Hall–Kier alpha value is -1.40. The smallest absolute Gasteiger partial charge is 0.294 e.